The molecule has 0 unspecified atom stereocenters. The van der Waals surface area contributed by atoms with Crippen LogP contribution in [0.4, 0.5) is 11.4 Å². The van der Waals surface area contributed by atoms with E-state index in [1.807, 2.05) is 18.2 Å². The van der Waals surface area contributed by atoms with Crippen LogP contribution in [0, 0.1) is 16.2 Å². The van der Waals surface area contributed by atoms with Gasteiger partial charge < -0.3 is 5.32 Å². The molecule has 1 heterocycles. The maximum Gasteiger partial charge on any atom is 0.114 e. The van der Waals surface area contributed by atoms with E-state index in [0.29, 0.717) is 11.7 Å². The molecule has 4 nitrogen and oxygen atoms in total. The highest BCUT2D eigenvalue weighted by Gasteiger charge is 2.51. The van der Waals surface area contributed by atoms with Gasteiger partial charge in [-0.25, -0.2) is 0 Å². The van der Waals surface area contributed by atoms with Crippen LogP contribution in [0.1, 0.15) is 19.8 Å². The standard InChI is InChI=1S/C13H15BrN4/c1-8(15)18-11-3-2-9(14)6-10(11)17-7-13(4-5-13)12(18)16/h2-3,6,15-17H,4-5,7H2,1H3. The molecule has 1 saturated carbocycles. The van der Waals surface area contributed by atoms with Crippen LogP contribution in [0.5, 0.6) is 0 Å². The van der Waals surface area contributed by atoms with Gasteiger partial charge in [-0.3, -0.25) is 15.7 Å². The van der Waals surface area contributed by atoms with E-state index in [-0.39, 0.29) is 5.41 Å². The monoisotopic (exact) mass is 306 g/mol. The van der Waals surface area contributed by atoms with E-state index >= 15 is 0 Å². The smallest absolute Gasteiger partial charge is 0.114 e. The van der Waals surface area contributed by atoms with Crippen LogP contribution < -0.4 is 10.2 Å². The maximum absolute atomic E-state index is 8.40. The third kappa shape index (κ3) is 1.65. The van der Waals surface area contributed by atoms with Gasteiger partial charge in [0, 0.05) is 16.4 Å². The average molecular weight is 307 g/mol. The molecule has 5 heteroatoms. The highest BCUT2D eigenvalue weighted by atomic mass is 79.9. The van der Waals surface area contributed by atoms with Gasteiger partial charge in [-0.1, -0.05) is 15.9 Å². The number of fused-ring (bicyclic) bond motifs is 1. The Balaban J connectivity index is 2.14. The number of nitrogens with one attached hydrogen (secondary N) is 3. The second-order valence-electron chi connectivity index (χ2n) is 5.06. The molecule has 0 aromatic heterocycles. The van der Waals surface area contributed by atoms with Gasteiger partial charge >= 0.3 is 0 Å². The molecule has 1 fully saturated rings. The van der Waals surface area contributed by atoms with Crippen LogP contribution in [0.15, 0.2) is 22.7 Å². The van der Waals surface area contributed by atoms with Crippen LogP contribution in [0.3, 0.4) is 0 Å². The summed E-state index contributed by atoms with van der Waals surface area (Å²) in [4.78, 5) is 1.76. The van der Waals surface area contributed by atoms with Crippen molar-refractivity contribution in [2.24, 2.45) is 5.41 Å². The Kier molecular flexibility index (Phi) is 2.48. The van der Waals surface area contributed by atoms with Gasteiger partial charge in [0.15, 0.2) is 0 Å². The van der Waals surface area contributed by atoms with Gasteiger partial charge in [0.05, 0.1) is 11.4 Å². The number of benzene rings is 1. The number of rotatable bonds is 0. The molecule has 1 aliphatic carbocycles. The first-order chi connectivity index (χ1) is 8.53. The molecule has 18 heavy (non-hydrogen) atoms. The second kappa shape index (κ2) is 3.82. The summed E-state index contributed by atoms with van der Waals surface area (Å²) in [7, 11) is 0. The van der Waals surface area contributed by atoms with Gasteiger partial charge in [0.2, 0.25) is 0 Å². The summed E-state index contributed by atoms with van der Waals surface area (Å²) in [5.74, 6) is 0.960. The summed E-state index contributed by atoms with van der Waals surface area (Å²) >= 11 is 3.47. The van der Waals surface area contributed by atoms with E-state index in [1.165, 1.54) is 0 Å². The first-order valence-corrected chi connectivity index (χ1v) is 6.81. The van der Waals surface area contributed by atoms with Gasteiger partial charge in [-0.05, 0) is 38.0 Å². The molecule has 0 radical (unpaired) electrons. The summed E-state index contributed by atoms with van der Waals surface area (Å²) in [6, 6.07) is 5.93. The van der Waals surface area contributed by atoms with Gasteiger partial charge in [-0.15, -0.1) is 0 Å². The fraction of sp³-hybridized carbons (Fsp3) is 0.385. The molecule has 0 amide bonds. The summed E-state index contributed by atoms with van der Waals surface area (Å²) in [5.41, 5.74) is 1.83. The summed E-state index contributed by atoms with van der Waals surface area (Å²) in [6.07, 6.45) is 2.08. The quantitative estimate of drug-likeness (QED) is 0.508. The fourth-order valence-corrected chi connectivity index (χ4v) is 2.82. The second-order valence-corrected chi connectivity index (χ2v) is 5.98. The SMILES string of the molecule is CC(=N)N1C(=N)C2(CC2)CNc2cc(Br)ccc21. The Morgan fingerprint density at radius 2 is 2.17 bits per heavy atom. The first-order valence-electron chi connectivity index (χ1n) is 6.01. The van der Waals surface area contributed by atoms with Crippen molar-refractivity contribution in [1.29, 1.82) is 10.8 Å². The number of amidine groups is 2. The highest BCUT2D eigenvalue weighted by molar-refractivity contribution is 9.10. The molecule has 1 aliphatic heterocycles. The summed E-state index contributed by atoms with van der Waals surface area (Å²) in [6.45, 7) is 2.53. The van der Waals surface area contributed by atoms with Crippen LogP contribution in [0.25, 0.3) is 0 Å². The molecule has 1 spiro atoms. The maximum atomic E-state index is 8.40. The predicted octanol–water partition coefficient (Wildman–Crippen LogP) is 3.44. The molecular weight excluding hydrogens is 292 g/mol. The lowest BCUT2D eigenvalue weighted by Crippen LogP contribution is -2.40. The molecule has 94 valence electrons. The Hall–Kier alpha value is -1.36. The number of anilines is 2. The molecule has 1 aromatic rings. The number of nitrogens with zero attached hydrogens (tertiary/aromatic N) is 1. The van der Waals surface area contributed by atoms with Crippen LogP contribution >= 0.6 is 15.9 Å². The predicted molar refractivity (Wildman–Crippen MR) is 77.9 cm³/mol. The summed E-state index contributed by atoms with van der Waals surface area (Å²) < 4.78 is 1.01. The van der Waals surface area contributed by atoms with E-state index in [9.17, 15) is 0 Å². The van der Waals surface area contributed by atoms with Gasteiger partial charge in [0.1, 0.15) is 11.7 Å². The molecular formula is C13H15BrN4. The van der Waals surface area contributed by atoms with Crippen molar-refractivity contribution < 1.29 is 0 Å². The Labute approximate surface area is 115 Å². The van der Waals surface area contributed by atoms with Crippen molar-refractivity contribution in [3.63, 3.8) is 0 Å². The number of hydrogen-bond acceptors (Lipinski definition) is 3. The lowest BCUT2D eigenvalue weighted by Gasteiger charge is -2.26. The third-order valence-electron chi connectivity index (χ3n) is 3.73. The van der Waals surface area contributed by atoms with E-state index in [4.69, 9.17) is 10.8 Å². The van der Waals surface area contributed by atoms with E-state index in [1.54, 1.807) is 11.8 Å². The Morgan fingerprint density at radius 3 is 2.78 bits per heavy atom. The average Bonchev–Trinajstić information content (AvgIpc) is 3.10. The van der Waals surface area contributed by atoms with Gasteiger partial charge in [0.25, 0.3) is 0 Å². The van der Waals surface area contributed by atoms with Crippen molar-refractivity contribution in [2.45, 2.75) is 19.8 Å². The third-order valence-corrected chi connectivity index (χ3v) is 4.22. The normalized spacial score (nSPS) is 20.1. The zero-order valence-electron chi connectivity index (χ0n) is 10.2. The first kappa shape index (κ1) is 11.7. The topological polar surface area (TPSA) is 63.0 Å². The van der Waals surface area contributed by atoms with Crippen molar-refractivity contribution in [1.82, 2.24) is 0 Å². The van der Waals surface area contributed by atoms with Crippen LogP contribution in [-0.4, -0.2) is 18.2 Å². The lowest BCUT2D eigenvalue weighted by atomic mass is 10.1. The Bertz CT molecular complexity index is 548. The minimum atomic E-state index is -0.0617. The molecule has 0 bridgehead atoms. The largest absolute Gasteiger partial charge is 0.382 e. The van der Waals surface area contributed by atoms with Crippen molar-refractivity contribution >= 4 is 39.0 Å². The number of halogens is 1. The lowest BCUT2D eigenvalue weighted by molar-refractivity contribution is 0.734. The van der Waals surface area contributed by atoms with E-state index in [2.05, 4.69) is 21.2 Å². The van der Waals surface area contributed by atoms with Crippen molar-refractivity contribution in [3.8, 4) is 0 Å². The molecule has 3 rings (SSSR count). The molecule has 0 saturated heterocycles. The zero-order valence-corrected chi connectivity index (χ0v) is 11.8. The minimum absolute atomic E-state index is 0.0617. The van der Waals surface area contributed by atoms with E-state index in [0.717, 1.165) is 35.2 Å². The Morgan fingerprint density at radius 1 is 1.44 bits per heavy atom. The molecule has 3 N–H and O–H groups in total. The highest BCUT2D eigenvalue weighted by Crippen LogP contribution is 2.50. The molecule has 2 aliphatic rings. The summed E-state index contributed by atoms with van der Waals surface area (Å²) in [5, 5.41) is 19.8. The molecule has 0 atom stereocenters. The minimum Gasteiger partial charge on any atom is -0.382 e. The van der Waals surface area contributed by atoms with Crippen LogP contribution in [-0.2, 0) is 0 Å². The van der Waals surface area contributed by atoms with E-state index < -0.39 is 0 Å². The van der Waals surface area contributed by atoms with Gasteiger partial charge in [-0.2, -0.15) is 0 Å². The van der Waals surface area contributed by atoms with Crippen LogP contribution in [0.2, 0.25) is 0 Å². The zero-order chi connectivity index (χ0) is 12.9. The van der Waals surface area contributed by atoms with Crippen molar-refractivity contribution in [3.05, 3.63) is 22.7 Å². The van der Waals surface area contributed by atoms with Crippen molar-refractivity contribution in [2.75, 3.05) is 16.8 Å². The molecule has 1 aromatic carbocycles. The number of hydrogen-bond donors (Lipinski definition) is 3. The fourth-order valence-electron chi connectivity index (χ4n) is 2.46.